The van der Waals surface area contributed by atoms with Gasteiger partial charge in [-0.3, -0.25) is 13.8 Å². The number of rotatable bonds is 40. The fraction of sp³-hybridized carbons (Fsp3) is 0.791. The standard InChI is InChI=1S/C43H80NO7P/c1-3-5-7-9-11-13-15-17-19-21-22-24-26-28-30-32-34-36-43(45)51-42(41-50-52(46,47)49-39-37-44)40-48-38-35-33-31-29-27-25-23-20-18-16-14-12-10-8-6-4-2/h11,13,17,19,22,24,35,38,42H,3-10,12,14-16,18,20-21,23,25-34,36-37,39-41,44H2,1-2H3,(H,46,47)/b13-11-,19-17-,24-22-,38-35-/t42-/m1/s1. The second-order valence-electron chi connectivity index (χ2n) is 13.9. The minimum absolute atomic E-state index is 0.0230. The number of hydrogen-bond acceptors (Lipinski definition) is 7. The van der Waals surface area contributed by atoms with Crippen molar-refractivity contribution in [2.24, 2.45) is 5.73 Å². The molecule has 2 atom stereocenters. The van der Waals surface area contributed by atoms with Crippen LogP contribution in [0.5, 0.6) is 0 Å². The van der Waals surface area contributed by atoms with Crippen LogP contribution < -0.4 is 5.73 Å². The van der Waals surface area contributed by atoms with E-state index in [0.717, 1.165) is 57.8 Å². The average molecular weight is 754 g/mol. The van der Waals surface area contributed by atoms with Crippen molar-refractivity contribution in [1.82, 2.24) is 0 Å². The van der Waals surface area contributed by atoms with Gasteiger partial charge in [0.25, 0.3) is 0 Å². The first-order valence-electron chi connectivity index (χ1n) is 21.2. The molecule has 0 amide bonds. The molecule has 0 saturated heterocycles. The monoisotopic (exact) mass is 754 g/mol. The number of carbonyl (C=O) groups excluding carboxylic acids is 1. The number of phosphoric acid groups is 1. The van der Waals surface area contributed by atoms with Gasteiger partial charge in [-0.1, -0.05) is 159 Å². The normalized spacial score (nSPS) is 13.9. The molecule has 0 aromatic carbocycles. The van der Waals surface area contributed by atoms with Gasteiger partial charge in [0.2, 0.25) is 0 Å². The Morgan fingerprint density at radius 2 is 1.04 bits per heavy atom. The van der Waals surface area contributed by atoms with Gasteiger partial charge in [0.05, 0.1) is 19.5 Å². The van der Waals surface area contributed by atoms with Crippen LogP contribution in [0.4, 0.5) is 0 Å². The van der Waals surface area contributed by atoms with Gasteiger partial charge in [-0.15, -0.1) is 0 Å². The first kappa shape index (κ1) is 50.3. The summed E-state index contributed by atoms with van der Waals surface area (Å²) in [6, 6.07) is 0. The highest BCUT2D eigenvalue weighted by Crippen LogP contribution is 2.43. The van der Waals surface area contributed by atoms with Crippen LogP contribution in [0.2, 0.25) is 0 Å². The van der Waals surface area contributed by atoms with Gasteiger partial charge in [-0.05, 0) is 63.9 Å². The van der Waals surface area contributed by atoms with Crippen LogP contribution in [0.3, 0.4) is 0 Å². The van der Waals surface area contributed by atoms with E-state index in [9.17, 15) is 14.3 Å². The van der Waals surface area contributed by atoms with Gasteiger partial charge in [0.1, 0.15) is 6.61 Å². The molecule has 0 aliphatic carbocycles. The minimum atomic E-state index is -4.30. The lowest BCUT2D eigenvalue weighted by molar-refractivity contribution is -0.153. The van der Waals surface area contributed by atoms with Crippen molar-refractivity contribution < 1.29 is 32.8 Å². The molecule has 0 saturated carbocycles. The van der Waals surface area contributed by atoms with Crippen molar-refractivity contribution in [2.75, 3.05) is 26.4 Å². The summed E-state index contributed by atoms with van der Waals surface area (Å²) >= 11 is 0. The number of nitrogens with two attached hydrogens (primary N) is 1. The molecule has 8 nitrogen and oxygen atoms in total. The SMILES string of the molecule is CCCCC/C=C\C/C=C\C/C=C\CCCCCCC(=O)O[C@H](CO/C=C\CCCCCCCCCCCCCCCC)COP(=O)(O)OCCN. The molecule has 0 rings (SSSR count). The highest BCUT2D eigenvalue weighted by molar-refractivity contribution is 7.47. The van der Waals surface area contributed by atoms with Crippen LogP contribution in [-0.4, -0.2) is 43.3 Å². The Hall–Kier alpha value is -1.70. The summed E-state index contributed by atoms with van der Waals surface area (Å²) in [5, 5.41) is 0. The topological polar surface area (TPSA) is 117 Å². The summed E-state index contributed by atoms with van der Waals surface area (Å²) < 4.78 is 33.1. The highest BCUT2D eigenvalue weighted by atomic mass is 31.2. The van der Waals surface area contributed by atoms with Crippen LogP contribution in [0, 0.1) is 0 Å². The van der Waals surface area contributed by atoms with E-state index >= 15 is 0 Å². The van der Waals surface area contributed by atoms with Crippen molar-refractivity contribution in [3.8, 4) is 0 Å². The lowest BCUT2D eigenvalue weighted by atomic mass is 10.0. The Bertz CT molecular complexity index is 936. The summed E-state index contributed by atoms with van der Waals surface area (Å²) in [7, 11) is -4.30. The molecule has 9 heteroatoms. The number of carbonyl (C=O) groups is 1. The third kappa shape index (κ3) is 39.5. The van der Waals surface area contributed by atoms with Crippen molar-refractivity contribution >= 4 is 13.8 Å². The third-order valence-electron chi connectivity index (χ3n) is 8.81. The van der Waals surface area contributed by atoms with Gasteiger partial charge in [0, 0.05) is 13.0 Å². The fourth-order valence-corrected chi connectivity index (χ4v) is 6.44. The van der Waals surface area contributed by atoms with Gasteiger partial charge < -0.3 is 20.1 Å². The van der Waals surface area contributed by atoms with Crippen LogP contribution in [0.1, 0.15) is 187 Å². The maximum Gasteiger partial charge on any atom is 0.472 e. The molecular weight excluding hydrogens is 673 g/mol. The molecular formula is C43H80NO7P. The molecule has 3 N–H and O–H groups in total. The molecule has 0 spiro atoms. The number of esters is 1. The molecule has 0 aliphatic heterocycles. The highest BCUT2D eigenvalue weighted by Gasteiger charge is 2.25. The molecule has 0 aliphatic rings. The fourth-order valence-electron chi connectivity index (χ4n) is 5.67. The first-order valence-corrected chi connectivity index (χ1v) is 22.7. The number of allylic oxidation sites excluding steroid dienone is 7. The summed E-state index contributed by atoms with van der Waals surface area (Å²) in [5.74, 6) is -0.373. The summed E-state index contributed by atoms with van der Waals surface area (Å²) in [5.41, 5.74) is 5.36. The summed E-state index contributed by atoms with van der Waals surface area (Å²) in [6.07, 6.45) is 47.9. The Balaban J connectivity index is 4.14. The van der Waals surface area contributed by atoms with Crippen molar-refractivity contribution in [2.45, 2.75) is 193 Å². The number of hydrogen-bond donors (Lipinski definition) is 2. The van der Waals surface area contributed by atoms with E-state index in [2.05, 4.69) is 50.3 Å². The molecule has 0 aromatic rings. The number of phosphoric ester groups is 1. The van der Waals surface area contributed by atoms with Gasteiger partial charge in [-0.25, -0.2) is 4.57 Å². The Morgan fingerprint density at radius 1 is 0.596 bits per heavy atom. The minimum Gasteiger partial charge on any atom is -0.498 e. The Kier molecular flexibility index (Phi) is 39.2. The third-order valence-corrected chi connectivity index (χ3v) is 9.80. The van der Waals surface area contributed by atoms with E-state index in [0.29, 0.717) is 0 Å². The van der Waals surface area contributed by atoms with Crippen molar-refractivity contribution in [3.05, 3.63) is 48.8 Å². The predicted molar refractivity (Wildman–Crippen MR) is 219 cm³/mol. The number of unbranched alkanes of at least 4 members (excludes halogenated alkanes) is 21. The molecule has 0 aromatic heterocycles. The molecule has 304 valence electrons. The maximum atomic E-state index is 12.5. The Morgan fingerprint density at radius 3 is 1.58 bits per heavy atom. The van der Waals surface area contributed by atoms with E-state index in [1.807, 2.05) is 6.08 Å². The summed E-state index contributed by atoms with van der Waals surface area (Å²) in [6.45, 7) is 4.19. The van der Waals surface area contributed by atoms with Crippen LogP contribution in [0.25, 0.3) is 0 Å². The van der Waals surface area contributed by atoms with E-state index in [1.165, 1.54) is 109 Å². The zero-order chi connectivity index (χ0) is 38.1. The van der Waals surface area contributed by atoms with Crippen LogP contribution in [0.15, 0.2) is 48.8 Å². The van der Waals surface area contributed by atoms with Crippen molar-refractivity contribution in [3.63, 3.8) is 0 Å². The summed E-state index contributed by atoms with van der Waals surface area (Å²) in [4.78, 5) is 22.4. The second kappa shape index (κ2) is 40.5. The average Bonchev–Trinajstić information content (AvgIpc) is 3.13. The van der Waals surface area contributed by atoms with Crippen LogP contribution in [-0.2, 0) is 27.9 Å². The Labute approximate surface area is 320 Å². The quantitative estimate of drug-likeness (QED) is 0.0209. The zero-order valence-electron chi connectivity index (χ0n) is 33.5. The van der Waals surface area contributed by atoms with Crippen LogP contribution >= 0.6 is 7.82 Å². The predicted octanol–water partition coefficient (Wildman–Crippen LogP) is 12.8. The molecule has 1 unspecified atom stereocenters. The van der Waals surface area contributed by atoms with Gasteiger partial charge >= 0.3 is 13.8 Å². The largest absolute Gasteiger partial charge is 0.498 e. The first-order chi connectivity index (χ1) is 25.4. The zero-order valence-corrected chi connectivity index (χ0v) is 34.4. The molecule has 0 heterocycles. The number of ether oxygens (including phenoxy) is 2. The smallest absolute Gasteiger partial charge is 0.472 e. The van der Waals surface area contributed by atoms with E-state index in [1.54, 1.807) is 6.26 Å². The van der Waals surface area contributed by atoms with Gasteiger partial charge in [0.15, 0.2) is 6.10 Å². The molecule has 0 bridgehead atoms. The van der Waals surface area contributed by atoms with Gasteiger partial charge in [-0.2, -0.15) is 0 Å². The molecule has 52 heavy (non-hydrogen) atoms. The molecule has 0 radical (unpaired) electrons. The molecule has 0 fully saturated rings. The van der Waals surface area contributed by atoms with Crippen molar-refractivity contribution in [1.29, 1.82) is 0 Å². The van der Waals surface area contributed by atoms with E-state index in [-0.39, 0.29) is 38.8 Å². The van der Waals surface area contributed by atoms with E-state index < -0.39 is 13.9 Å². The second-order valence-corrected chi connectivity index (χ2v) is 15.4. The van der Waals surface area contributed by atoms with E-state index in [4.69, 9.17) is 24.3 Å². The lowest BCUT2D eigenvalue weighted by Crippen LogP contribution is -2.27. The lowest BCUT2D eigenvalue weighted by Gasteiger charge is -2.19. The maximum absolute atomic E-state index is 12.5.